The zero-order chi connectivity index (χ0) is 22.1. The van der Waals surface area contributed by atoms with Crippen LogP contribution in [0.25, 0.3) is 0 Å². The van der Waals surface area contributed by atoms with Gasteiger partial charge in [-0.1, -0.05) is 6.92 Å². The fourth-order valence-electron chi connectivity index (χ4n) is 3.57. The van der Waals surface area contributed by atoms with Gasteiger partial charge in [0.25, 0.3) is 0 Å². The minimum absolute atomic E-state index is 0.0241. The molecule has 0 aromatic heterocycles. The van der Waals surface area contributed by atoms with Crippen molar-refractivity contribution in [1.29, 1.82) is 0 Å². The fourth-order valence-corrected chi connectivity index (χ4v) is 3.57. The third-order valence-corrected chi connectivity index (χ3v) is 4.92. The number of hydrogen-bond donors (Lipinski definition) is 1. The van der Waals surface area contributed by atoms with Gasteiger partial charge in [-0.3, -0.25) is 4.79 Å². The monoisotopic (exact) mass is 420 g/mol. The maximum atomic E-state index is 14.5. The summed E-state index contributed by atoms with van der Waals surface area (Å²) in [5.74, 6) is -2.73. The van der Waals surface area contributed by atoms with Gasteiger partial charge in [-0.05, 0) is 57.0 Å². The molecule has 162 valence electrons. The maximum absolute atomic E-state index is 14.5. The van der Waals surface area contributed by atoms with E-state index in [0.717, 1.165) is 17.7 Å². The van der Waals surface area contributed by atoms with E-state index in [1.807, 2.05) is 26.8 Å². The second-order valence-electron chi connectivity index (χ2n) is 8.16. The Morgan fingerprint density at radius 3 is 2.47 bits per heavy atom. The molecule has 0 aliphatic carbocycles. The fraction of sp³-hybridized carbons (Fsp3) is 0.435. The molecule has 2 aromatic rings. The molecular formula is C23H26F2O5. The van der Waals surface area contributed by atoms with Crippen molar-refractivity contribution in [3.05, 3.63) is 52.6 Å². The van der Waals surface area contributed by atoms with Crippen molar-refractivity contribution < 1.29 is 32.9 Å². The molecule has 0 amide bonds. The van der Waals surface area contributed by atoms with Crippen LogP contribution in [0.15, 0.2) is 24.3 Å². The van der Waals surface area contributed by atoms with Crippen molar-refractivity contribution in [2.24, 2.45) is 5.92 Å². The van der Waals surface area contributed by atoms with E-state index in [9.17, 15) is 13.6 Å². The highest BCUT2D eigenvalue weighted by atomic mass is 19.1. The quantitative estimate of drug-likeness (QED) is 0.657. The van der Waals surface area contributed by atoms with Gasteiger partial charge in [-0.2, -0.15) is 0 Å². The summed E-state index contributed by atoms with van der Waals surface area (Å²) in [6.45, 7) is 7.68. The van der Waals surface area contributed by atoms with Crippen LogP contribution in [0.5, 0.6) is 17.2 Å². The molecule has 1 atom stereocenters. The molecule has 1 N–H and O–H groups in total. The second kappa shape index (κ2) is 8.50. The van der Waals surface area contributed by atoms with E-state index in [4.69, 9.17) is 19.3 Å². The van der Waals surface area contributed by atoms with Crippen LogP contribution in [0.2, 0.25) is 0 Å². The molecule has 1 aliphatic heterocycles. The molecule has 1 aliphatic rings. The third-order valence-electron chi connectivity index (χ3n) is 4.92. The van der Waals surface area contributed by atoms with Crippen LogP contribution in [0.3, 0.4) is 0 Å². The smallest absolute Gasteiger partial charge is 0.306 e. The largest absolute Gasteiger partial charge is 0.494 e. The Kier molecular flexibility index (Phi) is 6.19. The molecule has 0 radical (unpaired) electrons. The highest BCUT2D eigenvalue weighted by Crippen LogP contribution is 2.41. The van der Waals surface area contributed by atoms with Crippen LogP contribution in [-0.4, -0.2) is 23.3 Å². The van der Waals surface area contributed by atoms with Gasteiger partial charge in [0.1, 0.15) is 23.7 Å². The summed E-state index contributed by atoms with van der Waals surface area (Å²) in [7, 11) is 0. The number of benzene rings is 2. The molecule has 0 saturated carbocycles. The van der Waals surface area contributed by atoms with Gasteiger partial charge >= 0.3 is 5.97 Å². The topological polar surface area (TPSA) is 65.0 Å². The number of rotatable bonds is 8. The Balaban J connectivity index is 1.83. The van der Waals surface area contributed by atoms with E-state index in [-0.39, 0.29) is 24.2 Å². The minimum atomic E-state index is -1.03. The Bertz CT molecular complexity index is 932. The Hall–Kier alpha value is -2.83. The molecule has 3 rings (SSSR count). The van der Waals surface area contributed by atoms with Crippen LogP contribution in [0.4, 0.5) is 8.78 Å². The number of hydrogen-bond acceptors (Lipinski definition) is 4. The summed E-state index contributed by atoms with van der Waals surface area (Å²) in [4.78, 5) is 11.0. The first kappa shape index (κ1) is 21.9. The molecule has 0 bridgehead atoms. The first-order chi connectivity index (χ1) is 14.1. The average molecular weight is 420 g/mol. The number of carboxylic acid groups (broad SMARTS) is 1. The van der Waals surface area contributed by atoms with E-state index >= 15 is 0 Å². The van der Waals surface area contributed by atoms with Crippen molar-refractivity contribution in [3.8, 4) is 17.2 Å². The number of carbonyl (C=O) groups is 1. The molecule has 1 heterocycles. The standard InChI is InChI=1S/C23H26F2O5/c1-5-28-17-9-15-11-23(3,4)30-20(15)16(10-17)12-29-21-18(24)7-14(8-19(21)25)6-13(2)22(26)27/h7-10,13H,5-6,11-12H2,1-4H3,(H,26,27). The lowest BCUT2D eigenvalue weighted by Crippen LogP contribution is -2.25. The lowest BCUT2D eigenvalue weighted by molar-refractivity contribution is -0.141. The summed E-state index contributed by atoms with van der Waals surface area (Å²) < 4.78 is 46.1. The van der Waals surface area contributed by atoms with Gasteiger partial charge in [0.05, 0.1) is 12.5 Å². The van der Waals surface area contributed by atoms with Crippen LogP contribution in [0, 0.1) is 17.6 Å². The van der Waals surface area contributed by atoms with E-state index < -0.39 is 29.3 Å². The van der Waals surface area contributed by atoms with E-state index in [2.05, 4.69) is 0 Å². The van der Waals surface area contributed by atoms with Crippen molar-refractivity contribution in [1.82, 2.24) is 0 Å². The Morgan fingerprint density at radius 1 is 1.20 bits per heavy atom. The van der Waals surface area contributed by atoms with E-state index in [1.165, 1.54) is 6.92 Å². The van der Waals surface area contributed by atoms with E-state index in [1.54, 1.807) is 6.07 Å². The lowest BCUT2D eigenvalue weighted by atomic mass is 10.00. The predicted octanol–water partition coefficient (Wildman–Crippen LogP) is 4.92. The maximum Gasteiger partial charge on any atom is 0.306 e. The molecule has 0 spiro atoms. The van der Waals surface area contributed by atoms with Gasteiger partial charge in [-0.25, -0.2) is 8.78 Å². The first-order valence-corrected chi connectivity index (χ1v) is 9.90. The zero-order valence-corrected chi connectivity index (χ0v) is 17.6. The van der Waals surface area contributed by atoms with Gasteiger partial charge in [0.2, 0.25) is 0 Å². The van der Waals surface area contributed by atoms with Crippen molar-refractivity contribution in [2.75, 3.05) is 6.61 Å². The van der Waals surface area contributed by atoms with Crippen molar-refractivity contribution >= 4 is 5.97 Å². The summed E-state index contributed by atoms with van der Waals surface area (Å²) in [6.07, 6.45) is 0.714. The van der Waals surface area contributed by atoms with Gasteiger partial charge in [-0.15, -0.1) is 0 Å². The number of aliphatic carboxylic acids is 1. The third kappa shape index (κ3) is 4.83. The lowest BCUT2D eigenvalue weighted by Gasteiger charge is -2.19. The number of ether oxygens (including phenoxy) is 3. The van der Waals surface area contributed by atoms with E-state index in [0.29, 0.717) is 30.1 Å². The molecule has 0 fully saturated rings. The summed E-state index contributed by atoms with van der Waals surface area (Å²) in [5, 5.41) is 8.99. The molecule has 7 heteroatoms. The SMILES string of the molecule is CCOc1cc(COc2c(F)cc(CC(C)C(=O)O)cc2F)c2c(c1)CC(C)(C)O2. The molecule has 30 heavy (non-hydrogen) atoms. The van der Waals surface area contributed by atoms with Crippen LogP contribution >= 0.6 is 0 Å². The van der Waals surface area contributed by atoms with Gasteiger partial charge in [0.15, 0.2) is 17.4 Å². The average Bonchev–Trinajstić information content (AvgIpc) is 2.95. The summed E-state index contributed by atoms with van der Waals surface area (Å²) >= 11 is 0. The molecule has 0 saturated heterocycles. The number of carboxylic acids is 1. The highest BCUT2D eigenvalue weighted by Gasteiger charge is 2.33. The van der Waals surface area contributed by atoms with Crippen LogP contribution in [0.1, 0.15) is 44.4 Å². The van der Waals surface area contributed by atoms with Gasteiger partial charge in [0, 0.05) is 17.5 Å². The Labute approximate surface area is 174 Å². The molecule has 2 aromatic carbocycles. The summed E-state index contributed by atoms with van der Waals surface area (Å²) in [6, 6.07) is 5.89. The highest BCUT2D eigenvalue weighted by molar-refractivity contribution is 5.69. The number of halogens is 2. The van der Waals surface area contributed by atoms with Gasteiger partial charge < -0.3 is 19.3 Å². The predicted molar refractivity (Wildman–Crippen MR) is 107 cm³/mol. The van der Waals surface area contributed by atoms with Crippen LogP contribution in [-0.2, 0) is 24.2 Å². The molecule has 5 nitrogen and oxygen atoms in total. The van der Waals surface area contributed by atoms with Crippen molar-refractivity contribution in [2.45, 2.75) is 52.7 Å². The minimum Gasteiger partial charge on any atom is -0.494 e. The Morgan fingerprint density at radius 2 is 1.87 bits per heavy atom. The molecule has 1 unspecified atom stereocenters. The normalized spacial score (nSPS) is 15.3. The first-order valence-electron chi connectivity index (χ1n) is 9.90. The number of fused-ring (bicyclic) bond motifs is 1. The molecular weight excluding hydrogens is 394 g/mol. The van der Waals surface area contributed by atoms with Crippen molar-refractivity contribution in [3.63, 3.8) is 0 Å². The zero-order valence-electron chi connectivity index (χ0n) is 17.6. The van der Waals surface area contributed by atoms with Crippen LogP contribution < -0.4 is 14.2 Å². The second-order valence-corrected chi connectivity index (χ2v) is 8.16. The summed E-state index contributed by atoms with van der Waals surface area (Å²) in [5.41, 5.74) is 1.48.